The number of hydrogen-bond donors (Lipinski definition) is 1. The Morgan fingerprint density at radius 1 is 1.10 bits per heavy atom. The molecule has 162 valence electrons. The Morgan fingerprint density at radius 2 is 1.93 bits per heavy atom. The fourth-order valence-electron chi connectivity index (χ4n) is 4.57. The van der Waals surface area contributed by atoms with Crippen LogP contribution in [0.25, 0.3) is 11.3 Å². The zero-order valence-corrected chi connectivity index (χ0v) is 19.8. The van der Waals surface area contributed by atoms with E-state index in [0.717, 1.165) is 86.7 Å². The van der Waals surface area contributed by atoms with Crippen molar-refractivity contribution in [3.8, 4) is 11.3 Å². The van der Waals surface area contributed by atoms with Gasteiger partial charge in [-0.15, -0.1) is 11.6 Å². The number of unbranched alkanes of at least 4 members (excludes halogenated alkanes) is 2. The lowest BCUT2D eigenvalue weighted by Gasteiger charge is -2.26. The van der Waals surface area contributed by atoms with Crippen molar-refractivity contribution in [3.05, 3.63) is 39.5 Å². The van der Waals surface area contributed by atoms with Crippen LogP contribution in [0.3, 0.4) is 0 Å². The van der Waals surface area contributed by atoms with Crippen molar-refractivity contribution < 1.29 is 4.79 Å². The molecule has 2 heterocycles. The number of hydrogen-bond acceptors (Lipinski definition) is 3. The second-order valence-corrected chi connectivity index (χ2v) is 9.59. The van der Waals surface area contributed by atoms with E-state index in [9.17, 15) is 4.79 Å². The van der Waals surface area contributed by atoms with Crippen LogP contribution in [0.1, 0.15) is 66.6 Å². The monoisotopic (exact) mass is 492 g/mol. The SMILES string of the molecule is O=C(NN1CCCCC1)c1nn(CCCCCCl)c2c1CCCc1cc(Br)ccc1-2. The van der Waals surface area contributed by atoms with Crippen molar-refractivity contribution in [2.24, 2.45) is 0 Å². The maximum Gasteiger partial charge on any atom is 0.286 e. The van der Waals surface area contributed by atoms with Crippen LogP contribution in [0.4, 0.5) is 0 Å². The lowest BCUT2D eigenvalue weighted by atomic mass is 10.0. The molecule has 1 saturated heterocycles. The lowest BCUT2D eigenvalue weighted by molar-refractivity contribution is 0.0743. The van der Waals surface area contributed by atoms with E-state index in [1.165, 1.54) is 17.5 Å². The number of aryl methyl sites for hydroxylation is 2. The molecule has 1 aromatic heterocycles. The summed E-state index contributed by atoms with van der Waals surface area (Å²) in [5, 5.41) is 6.91. The molecule has 1 N–H and O–H groups in total. The molecule has 7 heteroatoms. The molecule has 1 aliphatic carbocycles. The molecule has 0 radical (unpaired) electrons. The number of carbonyl (C=O) groups excluding carboxylic acids is 1. The van der Waals surface area contributed by atoms with E-state index in [4.69, 9.17) is 16.7 Å². The Bertz CT molecular complexity index is 892. The number of nitrogens with one attached hydrogen (secondary N) is 1. The third kappa shape index (κ3) is 4.92. The van der Waals surface area contributed by atoms with Gasteiger partial charge in [0, 0.05) is 41.1 Å². The van der Waals surface area contributed by atoms with Gasteiger partial charge in [0.15, 0.2) is 5.69 Å². The third-order valence-electron chi connectivity index (χ3n) is 6.08. The molecular formula is C23H30BrClN4O. The van der Waals surface area contributed by atoms with Crippen LogP contribution in [0.2, 0.25) is 0 Å². The predicted molar refractivity (Wildman–Crippen MR) is 125 cm³/mol. The Labute approximate surface area is 192 Å². The number of rotatable bonds is 7. The Hall–Kier alpha value is -1.37. The van der Waals surface area contributed by atoms with E-state index in [1.807, 2.05) is 0 Å². The summed E-state index contributed by atoms with van der Waals surface area (Å²) in [6.07, 6.45) is 9.53. The number of carbonyl (C=O) groups is 1. The quantitative estimate of drug-likeness (QED) is 0.418. The number of benzene rings is 1. The summed E-state index contributed by atoms with van der Waals surface area (Å²) in [4.78, 5) is 13.2. The minimum Gasteiger partial charge on any atom is -0.283 e. The van der Waals surface area contributed by atoms with Gasteiger partial charge in [0.1, 0.15) is 0 Å². The largest absolute Gasteiger partial charge is 0.286 e. The van der Waals surface area contributed by atoms with Gasteiger partial charge in [-0.25, -0.2) is 5.01 Å². The van der Waals surface area contributed by atoms with Gasteiger partial charge in [-0.1, -0.05) is 34.8 Å². The minimum atomic E-state index is -0.0618. The molecule has 0 spiro atoms. The summed E-state index contributed by atoms with van der Waals surface area (Å²) in [5.41, 5.74) is 8.49. The summed E-state index contributed by atoms with van der Waals surface area (Å²) in [5.74, 6) is 0.630. The standard InChI is InChI=1S/C23H30BrClN4O/c24-18-10-11-19-17(16-18)8-7-9-20-21(23(30)27-28-13-4-2-5-14-28)26-29(22(19)20)15-6-1-3-12-25/h10-11,16H,1-9,12-15H2,(H,27,30). The van der Waals surface area contributed by atoms with Gasteiger partial charge < -0.3 is 0 Å². The maximum atomic E-state index is 13.2. The van der Waals surface area contributed by atoms with Gasteiger partial charge in [-0.2, -0.15) is 5.10 Å². The summed E-state index contributed by atoms with van der Waals surface area (Å²) in [7, 11) is 0. The molecule has 4 rings (SSSR count). The van der Waals surface area contributed by atoms with E-state index in [-0.39, 0.29) is 5.91 Å². The van der Waals surface area contributed by atoms with Gasteiger partial charge >= 0.3 is 0 Å². The maximum absolute atomic E-state index is 13.2. The van der Waals surface area contributed by atoms with E-state index >= 15 is 0 Å². The first-order valence-corrected chi connectivity index (χ1v) is 12.5. The molecule has 2 aliphatic rings. The van der Waals surface area contributed by atoms with Crippen LogP contribution in [-0.4, -0.2) is 39.7 Å². The van der Waals surface area contributed by atoms with Gasteiger partial charge in [-0.05, 0) is 62.6 Å². The predicted octanol–water partition coefficient (Wildman–Crippen LogP) is 5.34. The minimum absolute atomic E-state index is 0.0618. The van der Waals surface area contributed by atoms with Crippen molar-refractivity contribution in [1.82, 2.24) is 20.2 Å². The number of alkyl halides is 1. The summed E-state index contributed by atoms with van der Waals surface area (Å²) in [6.45, 7) is 2.65. The second-order valence-electron chi connectivity index (χ2n) is 8.29. The highest BCUT2D eigenvalue weighted by Crippen LogP contribution is 2.36. The van der Waals surface area contributed by atoms with Gasteiger partial charge in [0.2, 0.25) is 0 Å². The topological polar surface area (TPSA) is 50.2 Å². The number of halogens is 2. The number of nitrogens with zero attached hydrogens (tertiary/aromatic N) is 3. The van der Waals surface area contributed by atoms with Crippen molar-refractivity contribution in [2.45, 2.75) is 64.3 Å². The van der Waals surface area contributed by atoms with Crippen LogP contribution in [0.15, 0.2) is 22.7 Å². The first kappa shape index (κ1) is 21.8. The zero-order valence-electron chi connectivity index (χ0n) is 17.4. The van der Waals surface area contributed by atoms with Crippen molar-refractivity contribution in [1.29, 1.82) is 0 Å². The average molecular weight is 494 g/mol. The highest BCUT2D eigenvalue weighted by molar-refractivity contribution is 9.10. The van der Waals surface area contributed by atoms with Crippen molar-refractivity contribution in [3.63, 3.8) is 0 Å². The number of hydrazine groups is 1. The summed E-state index contributed by atoms with van der Waals surface area (Å²) in [6, 6.07) is 6.47. The highest BCUT2D eigenvalue weighted by atomic mass is 79.9. The Morgan fingerprint density at radius 3 is 2.73 bits per heavy atom. The molecule has 1 amide bonds. The van der Waals surface area contributed by atoms with E-state index in [0.29, 0.717) is 11.6 Å². The molecular weight excluding hydrogens is 464 g/mol. The molecule has 1 fully saturated rings. The van der Waals surface area contributed by atoms with E-state index in [1.54, 1.807) is 0 Å². The summed E-state index contributed by atoms with van der Waals surface area (Å²) >= 11 is 9.47. The molecule has 0 atom stereocenters. The zero-order chi connectivity index (χ0) is 20.9. The van der Waals surface area contributed by atoms with Gasteiger partial charge in [0.25, 0.3) is 5.91 Å². The number of aromatic nitrogens is 2. The molecule has 2 aromatic rings. The number of fused-ring (bicyclic) bond motifs is 3. The molecule has 0 bridgehead atoms. The van der Waals surface area contributed by atoms with Gasteiger partial charge in [0.05, 0.1) is 5.69 Å². The molecule has 30 heavy (non-hydrogen) atoms. The Balaban J connectivity index is 1.67. The normalized spacial score (nSPS) is 16.6. The van der Waals surface area contributed by atoms with Crippen LogP contribution in [0.5, 0.6) is 0 Å². The molecule has 1 aliphatic heterocycles. The van der Waals surface area contributed by atoms with Crippen LogP contribution < -0.4 is 5.43 Å². The Kier molecular flexibility index (Phi) is 7.50. The molecule has 0 saturated carbocycles. The number of piperidine rings is 1. The fraction of sp³-hybridized carbons (Fsp3) is 0.565. The van der Waals surface area contributed by atoms with E-state index < -0.39 is 0 Å². The van der Waals surface area contributed by atoms with Crippen LogP contribution in [0, 0.1) is 0 Å². The van der Waals surface area contributed by atoms with Gasteiger partial charge in [-0.3, -0.25) is 14.9 Å². The molecule has 1 aromatic carbocycles. The van der Waals surface area contributed by atoms with Crippen molar-refractivity contribution >= 4 is 33.4 Å². The average Bonchev–Trinajstić information content (AvgIpc) is 3.00. The first-order chi connectivity index (χ1) is 14.7. The first-order valence-electron chi connectivity index (χ1n) is 11.2. The van der Waals surface area contributed by atoms with Crippen molar-refractivity contribution in [2.75, 3.05) is 19.0 Å². The molecule has 5 nitrogen and oxygen atoms in total. The highest BCUT2D eigenvalue weighted by Gasteiger charge is 2.28. The third-order valence-corrected chi connectivity index (χ3v) is 6.84. The second kappa shape index (κ2) is 10.3. The smallest absolute Gasteiger partial charge is 0.283 e. The van der Waals surface area contributed by atoms with E-state index in [2.05, 4.69) is 49.2 Å². The fourth-order valence-corrected chi connectivity index (χ4v) is 5.17. The summed E-state index contributed by atoms with van der Waals surface area (Å²) < 4.78 is 3.17. The number of amides is 1. The van der Waals surface area contributed by atoms with Crippen LogP contribution in [-0.2, 0) is 19.4 Å². The molecule has 0 unspecified atom stereocenters. The lowest BCUT2D eigenvalue weighted by Crippen LogP contribution is -2.45. The van der Waals surface area contributed by atoms with Crippen LogP contribution >= 0.6 is 27.5 Å².